The van der Waals surface area contributed by atoms with Gasteiger partial charge in [0.2, 0.25) is 0 Å². The van der Waals surface area contributed by atoms with Crippen LogP contribution in [0.3, 0.4) is 0 Å². The van der Waals surface area contributed by atoms with Crippen molar-refractivity contribution in [3.63, 3.8) is 0 Å². The van der Waals surface area contributed by atoms with Crippen molar-refractivity contribution in [3.05, 3.63) is 0 Å². The predicted octanol–water partition coefficient (Wildman–Crippen LogP) is -0.406. The quantitative estimate of drug-likeness (QED) is 0.457. The van der Waals surface area contributed by atoms with Crippen LogP contribution < -0.4 is 0 Å². The molecule has 0 spiro atoms. The number of hydrogen-bond acceptors (Lipinski definition) is 4. The number of ketones is 1. The van der Waals surface area contributed by atoms with Crippen LogP contribution in [0.4, 0.5) is 4.39 Å². The molecule has 8 nitrogen and oxygen atoms in total. The third-order valence-electron chi connectivity index (χ3n) is 1.78. The molecule has 0 radical (unpaired) electrons. The lowest BCUT2D eigenvalue weighted by Crippen LogP contribution is -2.25. The third-order valence-corrected chi connectivity index (χ3v) is 2.66. The second kappa shape index (κ2) is 5.85. The molecule has 0 amide bonds. The van der Waals surface area contributed by atoms with Crippen molar-refractivity contribution in [2.45, 2.75) is 18.8 Å². The molecule has 4 N–H and O–H groups in total. The summed E-state index contributed by atoms with van der Waals surface area (Å²) in [5, 5.41) is 16.8. The van der Waals surface area contributed by atoms with Crippen molar-refractivity contribution < 1.29 is 43.3 Å². The van der Waals surface area contributed by atoms with Crippen LogP contribution in [0.1, 0.15) is 12.8 Å². The minimum absolute atomic E-state index is 0.936. The van der Waals surface area contributed by atoms with Crippen molar-refractivity contribution in [1.29, 1.82) is 0 Å². The Hall–Kier alpha value is -1.31. The summed E-state index contributed by atoms with van der Waals surface area (Å²) in [4.78, 5) is 48.4. The average Bonchev–Trinajstić information content (AvgIpc) is 2.13. The fraction of sp³-hybridized carbons (Fsp3) is 0.571. The lowest BCUT2D eigenvalue weighted by atomic mass is 9.99. The van der Waals surface area contributed by atoms with Crippen molar-refractivity contribution in [2.75, 3.05) is 0 Å². The van der Waals surface area contributed by atoms with Crippen molar-refractivity contribution in [3.8, 4) is 0 Å². The molecular formula is C7H10FO8P. The van der Waals surface area contributed by atoms with Gasteiger partial charge in [0.1, 0.15) is 0 Å². The Morgan fingerprint density at radius 3 is 1.88 bits per heavy atom. The van der Waals surface area contributed by atoms with Crippen molar-refractivity contribution in [2.24, 2.45) is 5.92 Å². The first-order chi connectivity index (χ1) is 7.55. The minimum atomic E-state index is -5.29. The topological polar surface area (TPSA) is 149 Å². The van der Waals surface area contributed by atoms with E-state index in [4.69, 9.17) is 20.0 Å². The van der Waals surface area contributed by atoms with Gasteiger partial charge in [0.15, 0.2) is 5.78 Å². The molecule has 17 heavy (non-hydrogen) atoms. The highest BCUT2D eigenvalue weighted by Gasteiger charge is 2.38. The van der Waals surface area contributed by atoms with Gasteiger partial charge in [-0.15, -0.1) is 0 Å². The number of carbonyl (C=O) groups is 3. The van der Waals surface area contributed by atoms with Crippen LogP contribution in [0.25, 0.3) is 0 Å². The van der Waals surface area contributed by atoms with Gasteiger partial charge in [-0.1, -0.05) is 0 Å². The molecule has 0 aliphatic rings. The van der Waals surface area contributed by atoms with Gasteiger partial charge in [-0.05, 0) is 0 Å². The Morgan fingerprint density at radius 2 is 1.59 bits per heavy atom. The summed E-state index contributed by atoms with van der Waals surface area (Å²) in [6, 6.07) is 0. The van der Waals surface area contributed by atoms with Gasteiger partial charge >= 0.3 is 19.5 Å². The monoisotopic (exact) mass is 272 g/mol. The Labute approximate surface area is 94.2 Å². The SMILES string of the molecule is O=C(O)CC(CC(=O)C(F)P(=O)(O)O)C(=O)O. The molecule has 0 aliphatic heterocycles. The highest BCUT2D eigenvalue weighted by molar-refractivity contribution is 7.53. The zero-order valence-corrected chi connectivity index (χ0v) is 9.21. The molecule has 0 heterocycles. The summed E-state index contributed by atoms with van der Waals surface area (Å²) in [6.07, 6.45) is -2.02. The van der Waals surface area contributed by atoms with E-state index in [1.165, 1.54) is 0 Å². The Kier molecular flexibility index (Phi) is 5.40. The number of alkyl halides is 1. The summed E-state index contributed by atoms with van der Waals surface area (Å²) in [6.45, 7) is 0. The number of carbonyl (C=O) groups excluding carboxylic acids is 1. The molecule has 2 unspecified atom stereocenters. The molecule has 98 valence electrons. The first-order valence-electron chi connectivity index (χ1n) is 4.22. The molecule has 0 aromatic heterocycles. The number of carboxylic acid groups (broad SMARTS) is 2. The van der Waals surface area contributed by atoms with Gasteiger partial charge in [-0.3, -0.25) is 18.9 Å². The largest absolute Gasteiger partial charge is 0.481 e. The van der Waals surface area contributed by atoms with Crippen LogP contribution >= 0.6 is 7.60 Å². The lowest BCUT2D eigenvalue weighted by Gasteiger charge is -2.12. The van der Waals surface area contributed by atoms with E-state index in [1.807, 2.05) is 0 Å². The molecule has 2 atom stereocenters. The van der Waals surface area contributed by atoms with E-state index < -0.39 is 50.0 Å². The van der Waals surface area contributed by atoms with Crippen LogP contribution in [0.5, 0.6) is 0 Å². The number of aliphatic carboxylic acids is 2. The highest BCUT2D eigenvalue weighted by atomic mass is 31.2. The molecule has 0 bridgehead atoms. The van der Waals surface area contributed by atoms with E-state index in [9.17, 15) is 23.3 Å². The molecule has 0 rings (SSSR count). The lowest BCUT2D eigenvalue weighted by molar-refractivity contribution is -0.149. The van der Waals surface area contributed by atoms with E-state index in [-0.39, 0.29) is 0 Å². The predicted molar refractivity (Wildman–Crippen MR) is 49.9 cm³/mol. The molecule has 0 fully saturated rings. The van der Waals surface area contributed by atoms with Crippen LogP contribution in [-0.2, 0) is 18.9 Å². The first-order valence-corrected chi connectivity index (χ1v) is 5.90. The van der Waals surface area contributed by atoms with Crippen molar-refractivity contribution in [1.82, 2.24) is 0 Å². The fourth-order valence-corrected chi connectivity index (χ4v) is 1.47. The average molecular weight is 272 g/mol. The standard InChI is InChI=1S/C7H10FO8P/c8-6(17(14,15)16)4(9)1-3(7(12)13)2-5(10)11/h3,6H,1-2H2,(H,10,11)(H,12,13)(H2,14,15,16). The normalized spacial score (nSPS) is 15.0. The fourth-order valence-electron chi connectivity index (χ4n) is 0.985. The van der Waals surface area contributed by atoms with Gasteiger partial charge in [0, 0.05) is 6.42 Å². The maximum atomic E-state index is 12.8. The summed E-state index contributed by atoms with van der Waals surface area (Å²) >= 11 is 0. The number of rotatable bonds is 7. The van der Waals surface area contributed by atoms with Crippen LogP contribution in [0.15, 0.2) is 0 Å². The molecule has 0 aliphatic carbocycles. The second-order valence-corrected chi connectivity index (χ2v) is 4.86. The molecule has 0 aromatic carbocycles. The molecule has 0 saturated heterocycles. The Bertz CT molecular complexity index is 374. The maximum absolute atomic E-state index is 12.8. The Balaban J connectivity index is 4.68. The number of halogens is 1. The molecule has 0 saturated carbocycles. The van der Waals surface area contributed by atoms with E-state index in [0.717, 1.165) is 0 Å². The number of Topliss-reactive ketones (excluding diaryl/α,β-unsaturated/α-hetero) is 1. The van der Waals surface area contributed by atoms with Gasteiger partial charge < -0.3 is 20.0 Å². The van der Waals surface area contributed by atoms with E-state index >= 15 is 0 Å². The first kappa shape index (κ1) is 15.7. The highest BCUT2D eigenvalue weighted by Crippen LogP contribution is 2.43. The van der Waals surface area contributed by atoms with E-state index in [1.54, 1.807) is 0 Å². The molecule has 10 heteroatoms. The summed E-state index contributed by atoms with van der Waals surface area (Å²) in [5.74, 6) is -9.65. The number of carboxylic acids is 2. The summed E-state index contributed by atoms with van der Waals surface area (Å²) in [5.41, 5.74) is 0. The number of hydrogen-bond donors (Lipinski definition) is 4. The van der Waals surface area contributed by atoms with Gasteiger partial charge in [0.25, 0.3) is 5.91 Å². The van der Waals surface area contributed by atoms with Crippen molar-refractivity contribution >= 4 is 25.3 Å². The van der Waals surface area contributed by atoms with Gasteiger partial charge in [-0.25, -0.2) is 4.39 Å². The second-order valence-electron chi connectivity index (χ2n) is 3.23. The minimum Gasteiger partial charge on any atom is -0.481 e. The van der Waals surface area contributed by atoms with E-state index in [2.05, 4.69) is 0 Å². The zero-order valence-electron chi connectivity index (χ0n) is 8.32. The summed E-state index contributed by atoms with van der Waals surface area (Å²) < 4.78 is 23.2. The van der Waals surface area contributed by atoms with Gasteiger partial charge in [0.05, 0.1) is 12.3 Å². The van der Waals surface area contributed by atoms with Crippen LogP contribution in [-0.4, -0.2) is 43.6 Å². The maximum Gasteiger partial charge on any atom is 0.367 e. The smallest absolute Gasteiger partial charge is 0.367 e. The van der Waals surface area contributed by atoms with Crippen LogP contribution in [0.2, 0.25) is 0 Å². The third kappa shape index (κ3) is 5.53. The molecule has 0 aromatic rings. The van der Waals surface area contributed by atoms with E-state index in [0.29, 0.717) is 0 Å². The van der Waals surface area contributed by atoms with Gasteiger partial charge in [-0.2, -0.15) is 0 Å². The Morgan fingerprint density at radius 1 is 1.12 bits per heavy atom. The van der Waals surface area contributed by atoms with Crippen LogP contribution in [0, 0.1) is 5.92 Å². The molecular weight excluding hydrogens is 262 g/mol. The summed E-state index contributed by atoms with van der Waals surface area (Å²) in [7, 11) is -5.29. The zero-order chi connectivity index (χ0) is 13.8.